The minimum absolute atomic E-state index is 0.0907. The van der Waals surface area contributed by atoms with E-state index in [4.69, 9.17) is 4.74 Å². The molecule has 0 aromatic heterocycles. The highest BCUT2D eigenvalue weighted by Gasteiger charge is 2.46. The lowest BCUT2D eigenvalue weighted by Crippen LogP contribution is -2.50. The summed E-state index contributed by atoms with van der Waals surface area (Å²) in [4.78, 5) is 27.2. The van der Waals surface area contributed by atoms with Gasteiger partial charge >= 0.3 is 12.1 Å². The number of amides is 1. The molecule has 130 valence electrons. The summed E-state index contributed by atoms with van der Waals surface area (Å²) in [6.07, 6.45) is 1.54. The van der Waals surface area contributed by atoms with Crippen LogP contribution in [0.1, 0.15) is 28.8 Å². The molecule has 1 spiro atoms. The van der Waals surface area contributed by atoms with E-state index in [0.29, 0.717) is 19.6 Å². The number of carbonyl (C=O) groups excluding carboxylic acids is 2. The van der Waals surface area contributed by atoms with E-state index in [1.54, 1.807) is 24.1 Å². The molecule has 2 saturated heterocycles. The number of likely N-dealkylation sites (N-methyl/N-ethyl adjacent to an activating group) is 1. The molecule has 0 unspecified atom stereocenters. The third-order valence-corrected chi connectivity index (χ3v) is 4.63. The average molecular weight is 334 g/mol. The minimum Gasteiger partial charge on any atom is -0.507 e. The number of likely N-dealkylation sites (tertiary alicyclic amines) is 1. The van der Waals surface area contributed by atoms with Crippen molar-refractivity contribution in [3.8, 4) is 5.75 Å². The van der Waals surface area contributed by atoms with Gasteiger partial charge in [-0.15, -0.1) is 0 Å². The van der Waals surface area contributed by atoms with Crippen LogP contribution in [-0.2, 0) is 16.0 Å². The molecule has 2 aliphatic heterocycles. The molecule has 3 rings (SSSR count). The van der Waals surface area contributed by atoms with Gasteiger partial charge in [-0.1, -0.05) is 6.07 Å². The van der Waals surface area contributed by atoms with E-state index in [0.717, 1.165) is 24.9 Å². The average Bonchev–Trinajstić information content (AvgIpc) is 2.82. The molecule has 0 radical (unpaired) electrons. The van der Waals surface area contributed by atoms with E-state index in [1.165, 1.54) is 13.2 Å². The summed E-state index contributed by atoms with van der Waals surface area (Å²) < 4.78 is 10.3. The molecule has 1 amide bonds. The molecule has 2 fully saturated rings. The first kappa shape index (κ1) is 16.6. The number of carbonyl (C=O) groups is 2. The number of rotatable bonds is 3. The highest BCUT2D eigenvalue weighted by molar-refractivity contribution is 5.92. The van der Waals surface area contributed by atoms with Gasteiger partial charge in [0, 0.05) is 20.1 Å². The van der Waals surface area contributed by atoms with Gasteiger partial charge in [0.15, 0.2) is 0 Å². The molecule has 0 aliphatic carbocycles. The molecule has 0 saturated carbocycles. The first-order valence-electron chi connectivity index (χ1n) is 7.99. The summed E-state index contributed by atoms with van der Waals surface area (Å²) in [6, 6.07) is 4.94. The number of hydrogen-bond donors (Lipinski definition) is 1. The van der Waals surface area contributed by atoms with Crippen LogP contribution < -0.4 is 0 Å². The maximum atomic E-state index is 11.7. The standard InChI is InChI=1S/C17H22N2O5/c1-18-10-17(24-16(18)22)6-3-7-19(11-17)9-12-4-5-14(20)13(8-12)15(21)23-2/h4-5,8,20H,3,6-7,9-11H2,1-2H3/t17-/m1/s1. The Labute approximate surface area is 140 Å². The lowest BCUT2D eigenvalue weighted by molar-refractivity contribution is -0.0113. The van der Waals surface area contributed by atoms with Gasteiger partial charge in [0.05, 0.1) is 13.7 Å². The topological polar surface area (TPSA) is 79.3 Å². The van der Waals surface area contributed by atoms with Crippen molar-refractivity contribution in [2.24, 2.45) is 0 Å². The Hall–Kier alpha value is -2.28. The van der Waals surface area contributed by atoms with Crippen molar-refractivity contribution in [3.63, 3.8) is 0 Å². The number of benzene rings is 1. The second-order valence-corrected chi connectivity index (χ2v) is 6.56. The van der Waals surface area contributed by atoms with E-state index in [9.17, 15) is 14.7 Å². The van der Waals surface area contributed by atoms with Crippen LogP contribution in [0, 0.1) is 0 Å². The zero-order chi connectivity index (χ0) is 17.3. The summed E-state index contributed by atoms with van der Waals surface area (Å²) in [5.41, 5.74) is 0.628. The highest BCUT2D eigenvalue weighted by Crippen LogP contribution is 2.32. The van der Waals surface area contributed by atoms with Crippen molar-refractivity contribution in [1.29, 1.82) is 0 Å². The molecule has 24 heavy (non-hydrogen) atoms. The fraction of sp³-hybridized carbons (Fsp3) is 0.529. The second kappa shape index (κ2) is 6.32. The third kappa shape index (κ3) is 3.17. The molecule has 0 bridgehead atoms. The Morgan fingerprint density at radius 3 is 2.88 bits per heavy atom. The van der Waals surface area contributed by atoms with Crippen molar-refractivity contribution >= 4 is 12.1 Å². The lowest BCUT2D eigenvalue weighted by atomic mass is 9.92. The smallest absolute Gasteiger partial charge is 0.410 e. The van der Waals surface area contributed by atoms with Crippen molar-refractivity contribution in [3.05, 3.63) is 29.3 Å². The van der Waals surface area contributed by atoms with E-state index < -0.39 is 11.6 Å². The number of methoxy groups -OCH3 is 1. The number of phenols is 1. The van der Waals surface area contributed by atoms with Crippen molar-refractivity contribution in [2.45, 2.75) is 25.0 Å². The van der Waals surface area contributed by atoms with Gasteiger partial charge in [-0.2, -0.15) is 0 Å². The van der Waals surface area contributed by atoms with E-state index in [-0.39, 0.29) is 17.4 Å². The van der Waals surface area contributed by atoms with Crippen LogP contribution in [0.5, 0.6) is 5.75 Å². The normalized spacial score (nSPS) is 24.2. The lowest BCUT2D eigenvalue weighted by Gasteiger charge is -2.38. The largest absolute Gasteiger partial charge is 0.507 e. The van der Waals surface area contributed by atoms with Gasteiger partial charge in [-0.25, -0.2) is 9.59 Å². The van der Waals surface area contributed by atoms with Gasteiger partial charge in [-0.05, 0) is 37.1 Å². The zero-order valence-electron chi connectivity index (χ0n) is 13.9. The number of phenolic OH excluding ortho intramolecular Hbond substituents is 1. The minimum atomic E-state index is -0.559. The number of nitrogens with zero attached hydrogens (tertiary/aromatic N) is 2. The summed E-state index contributed by atoms with van der Waals surface area (Å²) >= 11 is 0. The van der Waals surface area contributed by atoms with Crippen molar-refractivity contribution in [2.75, 3.05) is 33.8 Å². The molecular weight excluding hydrogens is 312 g/mol. The molecular formula is C17H22N2O5. The van der Waals surface area contributed by atoms with Crippen LogP contribution in [0.2, 0.25) is 0 Å². The molecule has 1 aromatic rings. The van der Waals surface area contributed by atoms with E-state index in [2.05, 4.69) is 9.64 Å². The number of piperidine rings is 1. The Morgan fingerprint density at radius 1 is 1.42 bits per heavy atom. The van der Waals surface area contributed by atoms with Gasteiger partial charge in [0.2, 0.25) is 0 Å². The molecule has 1 N–H and O–H groups in total. The van der Waals surface area contributed by atoms with E-state index in [1.807, 2.05) is 0 Å². The zero-order valence-corrected chi connectivity index (χ0v) is 13.9. The van der Waals surface area contributed by atoms with Gasteiger partial charge in [-0.3, -0.25) is 4.90 Å². The SMILES string of the molecule is COC(=O)c1cc(CN2CCC[C@]3(C2)CN(C)C(=O)O3)ccc1O. The maximum Gasteiger partial charge on any atom is 0.410 e. The van der Waals surface area contributed by atoms with Gasteiger partial charge in [0.25, 0.3) is 0 Å². The summed E-state index contributed by atoms with van der Waals surface area (Å²) in [5.74, 6) is -0.650. The fourth-order valence-electron chi connectivity index (χ4n) is 3.54. The predicted octanol–water partition coefficient (Wildman–Crippen LogP) is 1.60. The summed E-state index contributed by atoms with van der Waals surface area (Å²) in [6.45, 7) is 2.79. The van der Waals surface area contributed by atoms with Crippen LogP contribution in [0.25, 0.3) is 0 Å². The fourth-order valence-corrected chi connectivity index (χ4v) is 3.54. The molecule has 7 nitrogen and oxygen atoms in total. The quantitative estimate of drug-likeness (QED) is 0.846. The maximum absolute atomic E-state index is 11.7. The van der Waals surface area contributed by atoms with E-state index >= 15 is 0 Å². The Morgan fingerprint density at radius 2 is 2.21 bits per heavy atom. The number of aromatic hydroxyl groups is 1. The van der Waals surface area contributed by atoms with Crippen LogP contribution in [0.15, 0.2) is 18.2 Å². The Balaban J connectivity index is 1.72. The van der Waals surface area contributed by atoms with Crippen LogP contribution in [0.4, 0.5) is 4.79 Å². The monoisotopic (exact) mass is 334 g/mol. The Kier molecular flexibility index (Phi) is 4.36. The molecule has 7 heteroatoms. The van der Waals surface area contributed by atoms with Gasteiger partial charge in [0.1, 0.15) is 16.9 Å². The second-order valence-electron chi connectivity index (χ2n) is 6.56. The molecule has 1 aromatic carbocycles. The van der Waals surface area contributed by atoms with Crippen LogP contribution in [-0.4, -0.2) is 66.4 Å². The highest BCUT2D eigenvalue weighted by atomic mass is 16.6. The number of hydrogen-bond acceptors (Lipinski definition) is 6. The Bertz CT molecular complexity index is 662. The van der Waals surface area contributed by atoms with Crippen molar-refractivity contribution < 1.29 is 24.2 Å². The van der Waals surface area contributed by atoms with Crippen LogP contribution >= 0.6 is 0 Å². The molecule has 2 heterocycles. The third-order valence-electron chi connectivity index (χ3n) is 4.63. The number of ether oxygens (including phenoxy) is 2. The number of esters is 1. The first-order valence-corrected chi connectivity index (χ1v) is 7.99. The summed E-state index contributed by atoms with van der Waals surface area (Å²) in [5, 5.41) is 9.79. The van der Waals surface area contributed by atoms with Crippen molar-refractivity contribution in [1.82, 2.24) is 9.80 Å². The first-order chi connectivity index (χ1) is 11.4. The van der Waals surface area contributed by atoms with Crippen LogP contribution in [0.3, 0.4) is 0 Å². The molecule has 2 aliphatic rings. The summed E-state index contributed by atoms with van der Waals surface area (Å²) in [7, 11) is 3.03. The molecule has 1 atom stereocenters. The van der Waals surface area contributed by atoms with Gasteiger partial charge < -0.3 is 19.5 Å². The predicted molar refractivity (Wildman–Crippen MR) is 85.8 cm³/mol.